The molecular weight excluding hydrogens is 334 g/mol. The van der Waals surface area contributed by atoms with Crippen LogP contribution in [0.1, 0.15) is 50.2 Å². The summed E-state index contributed by atoms with van der Waals surface area (Å²) in [6, 6.07) is 18.0. The second-order valence-corrected chi connectivity index (χ2v) is 7.54. The van der Waals surface area contributed by atoms with Gasteiger partial charge in [0.1, 0.15) is 11.5 Å². The fourth-order valence-corrected chi connectivity index (χ4v) is 3.66. The molecule has 0 amide bonds. The summed E-state index contributed by atoms with van der Waals surface area (Å²) >= 11 is 0. The smallest absolute Gasteiger partial charge is 0.119 e. The van der Waals surface area contributed by atoms with E-state index < -0.39 is 0 Å². The van der Waals surface area contributed by atoms with E-state index in [9.17, 15) is 0 Å². The van der Waals surface area contributed by atoms with Crippen LogP contribution in [-0.4, -0.2) is 13.2 Å². The number of benzene rings is 2. The van der Waals surface area contributed by atoms with Crippen LogP contribution in [0.5, 0.6) is 11.5 Å². The van der Waals surface area contributed by atoms with Crippen molar-refractivity contribution in [1.29, 1.82) is 5.26 Å². The second-order valence-electron chi connectivity index (χ2n) is 7.54. The van der Waals surface area contributed by atoms with Crippen LogP contribution in [0.15, 0.2) is 48.5 Å². The zero-order valence-electron chi connectivity index (χ0n) is 16.2. The van der Waals surface area contributed by atoms with Crippen molar-refractivity contribution in [2.75, 3.05) is 13.2 Å². The number of aryl methyl sites for hydroxylation is 1. The van der Waals surface area contributed by atoms with Gasteiger partial charge in [-0.2, -0.15) is 5.26 Å². The third kappa shape index (κ3) is 6.03. The highest BCUT2D eigenvalue weighted by Crippen LogP contribution is 2.30. The molecule has 0 saturated heterocycles. The van der Waals surface area contributed by atoms with Crippen molar-refractivity contribution in [1.82, 2.24) is 0 Å². The zero-order valence-corrected chi connectivity index (χ0v) is 16.2. The fraction of sp³-hybridized carbons (Fsp3) is 0.458. The Morgan fingerprint density at radius 1 is 0.815 bits per heavy atom. The maximum Gasteiger partial charge on any atom is 0.119 e. The number of nitrogens with zero attached hydrogens (tertiary/aromatic N) is 1. The molecule has 1 aliphatic rings. The van der Waals surface area contributed by atoms with Crippen molar-refractivity contribution in [3.05, 3.63) is 59.7 Å². The minimum Gasteiger partial charge on any atom is -0.493 e. The van der Waals surface area contributed by atoms with Crippen molar-refractivity contribution in [2.24, 2.45) is 11.8 Å². The van der Waals surface area contributed by atoms with E-state index in [1.807, 2.05) is 12.1 Å². The highest BCUT2D eigenvalue weighted by atomic mass is 16.5. The molecule has 3 nitrogen and oxygen atoms in total. The molecule has 0 aliphatic heterocycles. The second kappa shape index (κ2) is 10.0. The molecule has 0 unspecified atom stereocenters. The monoisotopic (exact) mass is 363 g/mol. The molecule has 0 atom stereocenters. The van der Waals surface area contributed by atoms with Crippen LogP contribution < -0.4 is 9.47 Å². The van der Waals surface area contributed by atoms with Gasteiger partial charge < -0.3 is 9.47 Å². The number of ether oxygens (including phenoxy) is 2. The maximum absolute atomic E-state index is 8.84. The van der Waals surface area contributed by atoms with Crippen molar-refractivity contribution in [3.63, 3.8) is 0 Å². The van der Waals surface area contributed by atoms with E-state index >= 15 is 0 Å². The molecule has 3 rings (SSSR count). The van der Waals surface area contributed by atoms with Crippen LogP contribution in [0, 0.1) is 23.2 Å². The molecule has 0 heterocycles. The largest absolute Gasteiger partial charge is 0.493 e. The molecular formula is C24H29NO2. The normalized spacial score (nSPS) is 19.3. The van der Waals surface area contributed by atoms with Crippen LogP contribution in [0.2, 0.25) is 0 Å². The molecule has 0 radical (unpaired) electrons. The van der Waals surface area contributed by atoms with Crippen LogP contribution in [0.4, 0.5) is 0 Å². The summed E-state index contributed by atoms with van der Waals surface area (Å²) in [5, 5.41) is 8.84. The first-order chi connectivity index (χ1) is 13.3. The first-order valence-electron chi connectivity index (χ1n) is 10.1. The van der Waals surface area contributed by atoms with Gasteiger partial charge >= 0.3 is 0 Å². The molecule has 1 fully saturated rings. The molecule has 0 spiro atoms. The molecule has 0 N–H and O–H groups in total. The Morgan fingerprint density at radius 2 is 1.30 bits per heavy atom. The van der Waals surface area contributed by atoms with Crippen molar-refractivity contribution < 1.29 is 9.47 Å². The molecule has 1 saturated carbocycles. The van der Waals surface area contributed by atoms with Crippen LogP contribution in [0.25, 0.3) is 0 Å². The highest BCUT2D eigenvalue weighted by molar-refractivity contribution is 5.34. The third-order valence-electron chi connectivity index (χ3n) is 5.38. The van der Waals surface area contributed by atoms with Gasteiger partial charge in [0.25, 0.3) is 0 Å². The van der Waals surface area contributed by atoms with Gasteiger partial charge in [-0.25, -0.2) is 0 Å². The first kappa shape index (κ1) is 19.3. The fourth-order valence-electron chi connectivity index (χ4n) is 3.66. The van der Waals surface area contributed by atoms with Gasteiger partial charge in [0, 0.05) is 0 Å². The Bertz CT molecular complexity index is 722. The van der Waals surface area contributed by atoms with E-state index in [0.29, 0.717) is 17.4 Å². The quantitative estimate of drug-likeness (QED) is 0.597. The number of nitriles is 1. The summed E-state index contributed by atoms with van der Waals surface area (Å²) in [4.78, 5) is 0. The summed E-state index contributed by atoms with van der Waals surface area (Å²) in [6.45, 7) is 3.78. The van der Waals surface area contributed by atoms with E-state index in [4.69, 9.17) is 14.7 Å². The Balaban J connectivity index is 1.35. The van der Waals surface area contributed by atoms with E-state index in [0.717, 1.165) is 31.1 Å². The standard InChI is InChI=1S/C24H29NO2/c1-2-3-19-8-12-23(13-9-19)26-17-21-4-6-22(7-5-21)18-27-24-14-10-20(16-25)11-15-24/h8-15,21-22H,2-7,17-18H2,1H3/t21-,22-. The third-order valence-corrected chi connectivity index (χ3v) is 5.38. The van der Waals surface area contributed by atoms with E-state index in [2.05, 4.69) is 37.3 Å². The lowest BCUT2D eigenvalue weighted by atomic mass is 9.83. The van der Waals surface area contributed by atoms with E-state index in [1.165, 1.54) is 37.7 Å². The molecule has 1 aliphatic carbocycles. The van der Waals surface area contributed by atoms with E-state index in [-0.39, 0.29) is 0 Å². The van der Waals surface area contributed by atoms with Crippen LogP contribution in [-0.2, 0) is 6.42 Å². The van der Waals surface area contributed by atoms with Crippen molar-refractivity contribution >= 4 is 0 Å². The average molecular weight is 364 g/mol. The van der Waals surface area contributed by atoms with Crippen molar-refractivity contribution in [3.8, 4) is 17.6 Å². The van der Waals surface area contributed by atoms with Gasteiger partial charge in [-0.3, -0.25) is 0 Å². The topological polar surface area (TPSA) is 42.2 Å². The number of hydrogen-bond acceptors (Lipinski definition) is 3. The summed E-state index contributed by atoms with van der Waals surface area (Å²) in [7, 11) is 0. The number of rotatable bonds is 8. The lowest BCUT2D eigenvalue weighted by Gasteiger charge is -2.28. The summed E-state index contributed by atoms with van der Waals surface area (Å²) in [5.74, 6) is 3.10. The zero-order chi connectivity index (χ0) is 18.9. The summed E-state index contributed by atoms with van der Waals surface area (Å²) in [6.07, 6.45) is 7.11. The molecule has 2 aromatic rings. The molecule has 2 aromatic carbocycles. The molecule has 142 valence electrons. The average Bonchev–Trinajstić information content (AvgIpc) is 2.73. The number of hydrogen-bond donors (Lipinski definition) is 0. The van der Waals surface area contributed by atoms with Gasteiger partial charge in [-0.05, 0) is 85.9 Å². The minimum atomic E-state index is 0.616. The first-order valence-corrected chi connectivity index (χ1v) is 10.1. The molecule has 27 heavy (non-hydrogen) atoms. The molecule has 0 bridgehead atoms. The summed E-state index contributed by atoms with van der Waals surface area (Å²) < 4.78 is 11.9. The van der Waals surface area contributed by atoms with Crippen molar-refractivity contribution in [2.45, 2.75) is 45.4 Å². The summed E-state index contributed by atoms with van der Waals surface area (Å²) in [5.41, 5.74) is 2.05. The predicted octanol–water partition coefficient (Wildman–Crippen LogP) is 5.77. The Hall–Kier alpha value is -2.47. The van der Waals surface area contributed by atoms with Gasteiger partial charge in [0.2, 0.25) is 0 Å². The Kier molecular flexibility index (Phi) is 7.16. The van der Waals surface area contributed by atoms with E-state index in [1.54, 1.807) is 12.1 Å². The van der Waals surface area contributed by atoms with Gasteiger partial charge in [-0.15, -0.1) is 0 Å². The maximum atomic E-state index is 8.84. The van der Waals surface area contributed by atoms with Gasteiger partial charge in [0.15, 0.2) is 0 Å². The lowest BCUT2D eigenvalue weighted by Crippen LogP contribution is -2.23. The van der Waals surface area contributed by atoms with Crippen LogP contribution >= 0.6 is 0 Å². The van der Waals surface area contributed by atoms with Gasteiger partial charge in [-0.1, -0.05) is 25.5 Å². The highest BCUT2D eigenvalue weighted by Gasteiger charge is 2.22. The van der Waals surface area contributed by atoms with Crippen LogP contribution in [0.3, 0.4) is 0 Å². The predicted molar refractivity (Wildman–Crippen MR) is 108 cm³/mol. The Labute approximate surface area is 162 Å². The minimum absolute atomic E-state index is 0.616. The van der Waals surface area contributed by atoms with Gasteiger partial charge in [0.05, 0.1) is 24.8 Å². The Morgan fingerprint density at radius 3 is 1.74 bits per heavy atom. The SMILES string of the molecule is CCCc1ccc(OC[C@H]2CC[C@H](COc3ccc(C#N)cc3)CC2)cc1. The molecule has 3 heteroatoms. The lowest BCUT2D eigenvalue weighted by molar-refractivity contribution is 0.148. The molecule has 0 aromatic heterocycles.